The normalized spacial score (nSPS) is 15.0. The smallest absolute Gasteiger partial charge is 0.0540 e. The van der Waals surface area contributed by atoms with Crippen molar-refractivity contribution in [3.8, 4) is 0 Å². The summed E-state index contributed by atoms with van der Waals surface area (Å²) in [6, 6.07) is 0. The third kappa shape index (κ3) is 10.4. The molecule has 0 bridgehead atoms. The largest absolute Gasteiger partial charge is 0.396 e. The number of unbranched alkanes of at least 4 members (excludes halogenated alkanes) is 2. The zero-order chi connectivity index (χ0) is 12.2. The van der Waals surface area contributed by atoms with E-state index in [0.717, 1.165) is 57.8 Å². The summed E-state index contributed by atoms with van der Waals surface area (Å²) in [6.07, 6.45) is 7.61. The minimum absolute atomic E-state index is 0.188. The number of rotatable bonds is 11. The van der Waals surface area contributed by atoms with Gasteiger partial charge < -0.3 is 15.3 Å². The molecule has 0 aliphatic heterocycles. The molecule has 0 radical (unpaired) electrons. The van der Waals surface area contributed by atoms with Crippen molar-refractivity contribution in [2.24, 2.45) is 0 Å². The van der Waals surface area contributed by atoms with Gasteiger partial charge in [0.1, 0.15) is 0 Å². The summed E-state index contributed by atoms with van der Waals surface area (Å²) in [7, 11) is 0. The molecule has 2 atom stereocenters. The van der Waals surface area contributed by atoms with Gasteiger partial charge in [0.2, 0.25) is 0 Å². The van der Waals surface area contributed by atoms with E-state index in [9.17, 15) is 10.2 Å². The molecule has 0 saturated heterocycles. The maximum absolute atomic E-state index is 9.65. The van der Waals surface area contributed by atoms with Crippen molar-refractivity contribution in [2.75, 3.05) is 6.61 Å². The maximum Gasteiger partial charge on any atom is 0.0540 e. The van der Waals surface area contributed by atoms with Gasteiger partial charge in [-0.05, 0) is 38.5 Å². The van der Waals surface area contributed by atoms with E-state index in [-0.39, 0.29) is 18.8 Å². The Morgan fingerprint density at radius 3 is 1.88 bits per heavy atom. The van der Waals surface area contributed by atoms with Gasteiger partial charge in [-0.15, -0.1) is 0 Å². The summed E-state index contributed by atoms with van der Waals surface area (Å²) in [5.74, 6) is 0. The van der Waals surface area contributed by atoms with E-state index in [0.29, 0.717) is 0 Å². The number of hydrogen-bond donors (Lipinski definition) is 3. The molecule has 0 aliphatic carbocycles. The van der Waals surface area contributed by atoms with Crippen molar-refractivity contribution >= 4 is 0 Å². The third-order valence-corrected chi connectivity index (χ3v) is 2.89. The molecule has 0 spiro atoms. The zero-order valence-electron chi connectivity index (χ0n) is 10.6. The minimum Gasteiger partial charge on any atom is -0.396 e. The van der Waals surface area contributed by atoms with Gasteiger partial charge in [0.25, 0.3) is 0 Å². The van der Waals surface area contributed by atoms with Gasteiger partial charge in [-0.25, -0.2) is 0 Å². The Balaban J connectivity index is 3.26. The fourth-order valence-electron chi connectivity index (χ4n) is 1.88. The van der Waals surface area contributed by atoms with Crippen LogP contribution in [0.1, 0.15) is 64.7 Å². The highest BCUT2D eigenvalue weighted by molar-refractivity contribution is 4.60. The fraction of sp³-hybridized carbons (Fsp3) is 1.00. The predicted molar refractivity (Wildman–Crippen MR) is 66.3 cm³/mol. The average molecular weight is 232 g/mol. The summed E-state index contributed by atoms with van der Waals surface area (Å²) < 4.78 is 0. The standard InChI is InChI=1S/C13H28O3/c1-2-7-12(15)9-6-10-13(16)8-4-3-5-11-14/h12-16H,2-11H2,1H3. The van der Waals surface area contributed by atoms with Gasteiger partial charge >= 0.3 is 0 Å². The molecule has 16 heavy (non-hydrogen) atoms. The van der Waals surface area contributed by atoms with E-state index in [1.165, 1.54) is 0 Å². The van der Waals surface area contributed by atoms with Crippen LogP contribution in [0.5, 0.6) is 0 Å². The summed E-state index contributed by atoms with van der Waals surface area (Å²) in [4.78, 5) is 0. The maximum atomic E-state index is 9.65. The second-order valence-electron chi connectivity index (χ2n) is 4.60. The van der Waals surface area contributed by atoms with E-state index in [4.69, 9.17) is 5.11 Å². The number of aliphatic hydroxyl groups is 3. The van der Waals surface area contributed by atoms with Crippen molar-refractivity contribution in [1.29, 1.82) is 0 Å². The fourth-order valence-corrected chi connectivity index (χ4v) is 1.88. The Labute approximate surface area is 99.5 Å². The van der Waals surface area contributed by atoms with Crippen LogP contribution >= 0.6 is 0 Å². The van der Waals surface area contributed by atoms with Crippen LogP contribution in [0, 0.1) is 0 Å². The number of hydrogen-bond acceptors (Lipinski definition) is 3. The predicted octanol–water partition coefficient (Wildman–Crippen LogP) is 2.23. The Morgan fingerprint density at radius 1 is 0.750 bits per heavy atom. The third-order valence-electron chi connectivity index (χ3n) is 2.89. The molecule has 2 unspecified atom stereocenters. The lowest BCUT2D eigenvalue weighted by atomic mass is 10.0. The van der Waals surface area contributed by atoms with E-state index in [2.05, 4.69) is 6.92 Å². The van der Waals surface area contributed by atoms with Crippen LogP contribution < -0.4 is 0 Å². The highest BCUT2D eigenvalue weighted by Crippen LogP contribution is 2.12. The van der Waals surface area contributed by atoms with Crippen LogP contribution in [0.4, 0.5) is 0 Å². The highest BCUT2D eigenvalue weighted by atomic mass is 16.3. The topological polar surface area (TPSA) is 60.7 Å². The first-order valence-corrected chi connectivity index (χ1v) is 6.67. The zero-order valence-corrected chi connectivity index (χ0v) is 10.6. The first-order chi connectivity index (χ1) is 7.70. The molecule has 0 aromatic heterocycles. The van der Waals surface area contributed by atoms with E-state index >= 15 is 0 Å². The molecule has 0 aromatic rings. The summed E-state index contributed by atoms with van der Waals surface area (Å²) in [5, 5.41) is 27.7. The van der Waals surface area contributed by atoms with E-state index in [1.807, 2.05) is 0 Å². The van der Waals surface area contributed by atoms with Gasteiger partial charge in [-0.2, -0.15) is 0 Å². The summed E-state index contributed by atoms with van der Waals surface area (Å²) in [5.41, 5.74) is 0. The van der Waals surface area contributed by atoms with Crippen LogP contribution in [0.3, 0.4) is 0 Å². The van der Waals surface area contributed by atoms with Crippen molar-refractivity contribution in [2.45, 2.75) is 76.9 Å². The van der Waals surface area contributed by atoms with Crippen molar-refractivity contribution in [3.63, 3.8) is 0 Å². The molecule has 0 rings (SSSR count). The van der Waals surface area contributed by atoms with Gasteiger partial charge in [0, 0.05) is 6.61 Å². The molecule has 0 amide bonds. The quantitative estimate of drug-likeness (QED) is 0.479. The Bertz CT molecular complexity index is 139. The molecule has 3 nitrogen and oxygen atoms in total. The lowest BCUT2D eigenvalue weighted by Gasteiger charge is -2.12. The second kappa shape index (κ2) is 11.4. The van der Waals surface area contributed by atoms with Crippen molar-refractivity contribution in [1.82, 2.24) is 0 Å². The van der Waals surface area contributed by atoms with Crippen molar-refractivity contribution < 1.29 is 15.3 Å². The van der Waals surface area contributed by atoms with E-state index in [1.54, 1.807) is 0 Å². The molecule has 0 aliphatic rings. The molecule has 0 heterocycles. The number of aliphatic hydroxyl groups excluding tert-OH is 3. The first kappa shape index (κ1) is 15.9. The SMILES string of the molecule is CCCC(O)CCCC(O)CCCCCO. The molecule has 0 aromatic carbocycles. The highest BCUT2D eigenvalue weighted by Gasteiger charge is 2.06. The monoisotopic (exact) mass is 232 g/mol. The molecular weight excluding hydrogens is 204 g/mol. The van der Waals surface area contributed by atoms with Crippen LogP contribution in [-0.2, 0) is 0 Å². The molecular formula is C13H28O3. The molecule has 0 fully saturated rings. The van der Waals surface area contributed by atoms with Crippen LogP contribution in [0.15, 0.2) is 0 Å². The Kier molecular flexibility index (Phi) is 11.3. The molecule has 0 saturated carbocycles. The average Bonchev–Trinajstić information content (AvgIpc) is 2.25. The first-order valence-electron chi connectivity index (χ1n) is 6.67. The molecule has 98 valence electrons. The summed E-state index contributed by atoms with van der Waals surface area (Å²) >= 11 is 0. The van der Waals surface area contributed by atoms with Gasteiger partial charge in [-0.3, -0.25) is 0 Å². The van der Waals surface area contributed by atoms with Gasteiger partial charge in [0.05, 0.1) is 12.2 Å². The van der Waals surface area contributed by atoms with Crippen LogP contribution in [0.25, 0.3) is 0 Å². The van der Waals surface area contributed by atoms with E-state index < -0.39 is 0 Å². The Morgan fingerprint density at radius 2 is 1.31 bits per heavy atom. The van der Waals surface area contributed by atoms with Crippen molar-refractivity contribution in [3.05, 3.63) is 0 Å². The minimum atomic E-state index is -0.229. The Hall–Kier alpha value is -0.120. The molecule has 3 heteroatoms. The van der Waals surface area contributed by atoms with Crippen LogP contribution in [-0.4, -0.2) is 34.1 Å². The molecule has 3 N–H and O–H groups in total. The lowest BCUT2D eigenvalue weighted by molar-refractivity contribution is 0.122. The van der Waals surface area contributed by atoms with Gasteiger partial charge in [0.15, 0.2) is 0 Å². The van der Waals surface area contributed by atoms with Gasteiger partial charge in [-0.1, -0.05) is 26.2 Å². The lowest BCUT2D eigenvalue weighted by Crippen LogP contribution is -2.10. The second-order valence-corrected chi connectivity index (χ2v) is 4.60. The summed E-state index contributed by atoms with van der Waals surface area (Å²) in [6.45, 7) is 2.32. The van der Waals surface area contributed by atoms with Crippen LogP contribution in [0.2, 0.25) is 0 Å².